The highest BCUT2D eigenvalue weighted by Crippen LogP contribution is 2.24. The number of hydrogen-bond donors (Lipinski definition) is 2. The van der Waals surface area contributed by atoms with Gasteiger partial charge in [0.2, 0.25) is 0 Å². The molecule has 2 heterocycles. The molecule has 3 atom stereocenters. The number of benzene rings is 1. The van der Waals surface area contributed by atoms with E-state index in [-0.39, 0.29) is 0 Å². The second-order valence-electron chi connectivity index (χ2n) is 7.83. The number of nitrogens with zero attached hydrogens (tertiary/aromatic N) is 2. The van der Waals surface area contributed by atoms with E-state index in [9.17, 15) is 5.11 Å². The van der Waals surface area contributed by atoms with Crippen molar-refractivity contribution in [3.8, 4) is 0 Å². The molecule has 1 aromatic carbocycles. The molecular formula is C20H33N3O2. The first kappa shape index (κ1) is 18.8. The molecule has 5 nitrogen and oxygen atoms in total. The normalized spacial score (nSPS) is 26.4. The number of morpholine rings is 1. The van der Waals surface area contributed by atoms with Gasteiger partial charge in [-0.1, -0.05) is 30.3 Å². The first-order chi connectivity index (χ1) is 12.0. The van der Waals surface area contributed by atoms with E-state index in [0.29, 0.717) is 25.2 Å². The topological polar surface area (TPSA) is 48.0 Å². The van der Waals surface area contributed by atoms with Crippen molar-refractivity contribution in [2.45, 2.75) is 38.0 Å². The first-order valence-electron chi connectivity index (χ1n) is 9.58. The van der Waals surface area contributed by atoms with Crippen LogP contribution in [0.1, 0.15) is 31.9 Å². The standard InChI is InChI=1S/C20H33N3O2/c1-17(18-6-4-3-5-7-18)23-9-8-19(14-23)21-15-20(2,24)16-22-10-12-25-13-11-22/h3-7,17,19,21,24H,8-16H2,1-2H3/t17-,19-,20+/m1/s1. The lowest BCUT2D eigenvalue weighted by atomic mass is 10.1. The van der Waals surface area contributed by atoms with Crippen LogP contribution in [0.15, 0.2) is 30.3 Å². The minimum absolute atomic E-state index is 0.446. The number of hydrogen-bond acceptors (Lipinski definition) is 5. The highest BCUT2D eigenvalue weighted by molar-refractivity contribution is 5.18. The molecule has 0 radical (unpaired) electrons. The Bertz CT molecular complexity index is 517. The molecular weight excluding hydrogens is 314 g/mol. The Morgan fingerprint density at radius 3 is 2.68 bits per heavy atom. The van der Waals surface area contributed by atoms with Gasteiger partial charge in [-0.2, -0.15) is 0 Å². The molecule has 3 rings (SSSR count). The number of likely N-dealkylation sites (tertiary alicyclic amines) is 1. The molecule has 0 spiro atoms. The molecule has 1 aromatic rings. The van der Waals surface area contributed by atoms with Gasteiger partial charge in [-0.05, 0) is 25.8 Å². The van der Waals surface area contributed by atoms with Gasteiger partial charge in [0.05, 0.1) is 18.8 Å². The molecule has 2 fully saturated rings. The van der Waals surface area contributed by atoms with Gasteiger partial charge in [-0.3, -0.25) is 9.80 Å². The third-order valence-electron chi connectivity index (χ3n) is 5.49. The van der Waals surface area contributed by atoms with Gasteiger partial charge in [0.1, 0.15) is 0 Å². The summed E-state index contributed by atoms with van der Waals surface area (Å²) >= 11 is 0. The van der Waals surface area contributed by atoms with Crippen molar-refractivity contribution < 1.29 is 9.84 Å². The molecule has 140 valence electrons. The molecule has 25 heavy (non-hydrogen) atoms. The van der Waals surface area contributed by atoms with E-state index in [4.69, 9.17) is 4.74 Å². The summed E-state index contributed by atoms with van der Waals surface area (Å²) in [4.78, 5) is 4.83. The summed E-state index contributed by atoms with van der Waals surface area (Å²) in [5.41, 5.74) is 0.679. The predicted molar refractivity (Wildman–Crippen MR) is 101 cm³/mol. The zero-order valence-corrected chi connectivity index (χ0v) is 15.7. The van der Waals surface area contributed by atoms with Gasteiger partial charge in [0.25, 0.3) is 0 Å². The molecule has 5 heteroatoms. The van der Waals surface area contributed by atoms with Crippen molar-refractivity contribution in [1.29, 1.82) is 0 Å². The number of aliphatic hydroxyl groups is 1. The van der Waals surface area contributed by atoms with Crippen LogP contribution < -0.4 is 5.32 Å². The molecule has 0 unspecified atom stereocenters. The Labute approximate surface area is 152 Å². The SMILES string of the molecule is C[C@H](c1ccccc1)N1CC[C@@H](NC[C@](C)(O)CN2CCOCC2)C1. The van der Waals surface area contributed by atoms with E-state index in [2.05, 4.69) is 52.4 Å². The number of rotatable bonds is 7. The van der Waals surface area contributed by atoms with Crippen LogP contribution in [-0.4, -0.2) is 79.0 Å². The van der Waals surface area contributed by atoms with Gasteiger partial charge in [-0.25, -0.2) is 0 Å². The maximum Gasteiger partial charge on any atom is 0.0869 e. The molecule has 0 amide bonds. The van der Waals surface area contributed by atoms with Gasteiger partial charge in [0, 0.05) is 51.4 Å². The second-order valence-corrected chi connectivity index (χ2v) is 7.83. The Balaban J connectivity index is 1.43. The van der Waals surface area contributed by atoms with E-state index in [1.807, 2.05) is 6.92 Å². The summed E-state index contributed by atoms with van der Waals surface area (Å²) in [5, 5.41) is 14.3. The van der Waals surface area contributed by atoms with Gasteiger partial charge < -0.3 is 15.2 Å². The minimum atomic E-state index is -0.699. The summed E-state index contributed by atoms with van der Waals surface area (Å²) in [7, 11) is 0. The third kappa shape index (κ3) is 5.50. The number of β-amino-alcohol motifs (C(OH)–C–C–N with tert-alkyl or cyclic N) is 1. The molecule has 0 aromatic heterocycles. The minimum Gasteiger partial charge on any atom is -0.388 e. The molecule has 0 aliphatic carbocycles. The summed E-state index contributed by atoms with van der Waals surface area (Å²) in [6.45, 7) is 11.1. The fourth-order valence-electron chi connectivity index (χ4n) is 3.91. The number of nitrogens with one attached hydrogen (secondary N) is 1. The largest absolute Gasteiger partial charge is 0.388 e. The van der Waals surface area contributed by atoms with Crippen molar-refractivity contribution >= 4 is 0 Å². The zero-order valence-electron chi connectivity index (χ0n) is 15.7. The fraction of sp³-hybridized carbons (Fsp3) is 0.700. The van der Waals surface area contributed by atoms with Gasteiger partial charge in [-0.15, -0.1) is 0 Å². The summed E-state index contributed by atoms with van der Waals surface area (Å²) < 4.78 is 5.38. The Morgan fingerprint density at radius 1 is 1.24 bits per heavy atom. The lowest BCUT2D eigenvalue weighted by Gasteiger charge is -2.34. The van der Waals surface area contributed by atoms with Crippen LogP contribution in [-0.2, 0) is 4.74 Å². The molecule has 2 aliphatic rings. The molecule has 0 saturated carbocycles. The first-order valence-corrected chi connectivity index (χ1v) is 9.58. The van der Waals surface area contributed by atoms with Crippen molar-refractivity contribution in [2.75, 3.05) is 52.5 Å². The Morgan fingerprint density at radius 2 is 1.96 bits per heavy atom. The monoisotopic (exact) mass is 347 g/mol. The molecule has 2 aliphatic heterocycles. The maximum absolute atomic E-state index is 10.7. The summed E-state index contributed by atoms with van der Waals surface area (Å²) in [6, 6.07) is 11.6. The van der Waals surface area contributed by atoms with E-state index >= 15 is 0 Å². The van der Waals surface area contributed by atoms with Crippen molar-refractivity contribution in [2.24, 2.45) is 0 Å². The average molecular weight is 348 g/mol. The van der Waals surface area contributed by atoms with Crippen LogP contribution in [0.25, 0.3) is 0 Å². The molecule has 2 saturated heterocycles. The van der Waals surface area contributed by atoms with E-state index in [1.165, 1.54) is 5.56 Å². The van der Waals surface area contributed by atoms with Crippen LogP contribution in [0, 0.1) is 0 Å². The Hall–Kier alpha value is -0.980. The van der Waals surface area contributed by atoms with Crippen LogP contribution in [0.2, 0.25) is 0 Å². The van der Waals surface area contributed by atoms with E-state index in [0.717, 1.165) is 45.8 Å². The molecule has 2 N–H and O–H groups in total. The van der Waals surface area contributed by atoms with Crippen molar-refractivity contribution in [3.05, 3.63) is 35.9 Å². The lowest BCUT2D eigenvalue weighted by Crippen LogP contribution is -2.52. The second kappa shape index (κ2) is 8.60. The summed E-state index contributed by atoms with van der Waals surface area (Å²) in [5.74, 6) is 0. The zero-order chi connectivity index (χ0) is 17.7. The predicted octanol–water partition coefficient (Wildman–Crippen LogP) is 1.49. The maximum atomic E-state index is 10.7. The number of ether oxygens (including phenoxy) is 1. The summed E-state index contributed by atoms with van der Waals surface area (Å²) in [6.07, 6.45) is 1.14. The van der Waals surface area contributed by atoms with Gasteiger partial charge in [0.15, 0.2) is 0 Å². The molecule has 0 bridgehead atoms. The van der Waals surface area contributed by atoms with Crippen LogP contribution >= 0.6 is 0 Å². The van der Waals surface area contributed by atoms with Crippen LogP contribution in [0.3, 0.4) is 0 Å². The third-order valence-corrected chi connectivity index (χ3v) is 5.49. The lowest BCUT2D eigenvalue weighted by molar-refractivity contribution is -0.0227. The highest BCUT2D eigenvalue weighted by Gasteiger charge is 2.30. The Kier molecular flexibility index (Phi) is 6.47. The van der Waals surface area contributed by atoms with E-state index < -0.39 is 5.60 Å². The van der Waals surface area contributed by atoms with Crippen LogP contribution in [0.5, 0.6) is 0 Å². The van der Waals surface area contributed by atoms with Crippen LogP contribution in [0.4, 0.5) is 0 Å². The fourth-order valence-corrected chi connectivity index (χ4v) is 3.91. The smallest absolute Gasteiger partial charge is 0.0869 e. The van der Waals surface area contributed by atoms with Crippen molar-refractivity contribution in [1.82, 2.24) is 15.1 Å². The quantitative estimate of drug-likeness (QED) is 0.783. The van der Waals surface area contributed by atoms with E-state index in [1.54, 1.807) is 0 Å². The van der Waals surface area contributed by atoms with Gasteiger partial charge >= 0.3 is 0 Å². The highest BCUT2D eigenvalue weighted by atomic mass is 16.5. The average Bonchev–Trinajstić information content (AvgIpc) is 3.10. The van der Waals surface area contributed by atoms with Crippen molar-refractivity contribution in [3.63, 3.8) is 0 Å².